The van der Waals surface area contributed by atoms with Crippen LogP contribution in [-0.4, -0.2) is 12.0 Å². The summed E-state index contributed by atoms with van der Waals surface area (Å²) < 4.78 is 0. The summed E-state index contributed by atoms with van der Waals surface area (Å²) in [7, 11) is 2.06. The van der Waals surface area contributed by atoms with Gasteiger partial charge in [-0.05, 0) is 56.0 Å². The molecule has 1 atom stereocenters. The maximum Gasteiger partial charge on any atom is 0.0705 e. The fourth-order valence-corrected chi connectivity index (χ4v) is 2.83. The zero-order valence-electron chi connectivity index (χ0n) is 11.3. The number of hydrogen-bond donors (Lipinski definition) is 1. The zero-order chi connectivity index (χ0) is 12.8. The summed E-state index contributed by atoms with van der Waals surface area (Å²) in [4.78, 5) is 4.56. The van der Waals surface area contributed by atoms with Crippen LogP contribution in [0.4, 0.5) is 0 Å². The van der Waals surface area contributed by atoms with Crippen molar-refractivity contribution in [3.05, 3.63) is 41.6 Å². The van der Waals surface area contributed by atoms with Gasteiger partial charge in [0.25, 0.3) is 0 Å². The molecule has 2 nitrogen and oxygen atoms in total. The first kappa shape index (κ1) is 11.7. The van der Waals surface area contributed by atoms with E-state index in [1.165, 1.54) is 23.8 Å². The SMILES string of the molecule is CNC(c1ccc2nc(C)ccc2c1)C1(C)CC1. The number of aryl methyl sites for hydroxylation is 1. The lowest BCUT2D eigenvalue weighted by atomic mass is 9.91. The number of nitrogens with zero attached hydrogens (tertiary/aromatic N) is 1. The standard InChI is InChI=1S/C16H20N2/c1-11-4-5-12-10-13(6-7-14(12)18-11)15(17-3)16(2)8-9-16/h4-7,10,15,17H,8-9H2,1-3H3. The van der Waals surface area contributed by atoms with Crippen molar-refractivity contribution in [1.82, 2.24) is 10.3 Å². The molecule has 0 aliphatic heterocycles. The number of rotatable bonds is 3. The van der Waals surface area contributed by atoms with Crippen LogP contribution in [0.3, 0.4) is 0 Å². The lowest BCUT2D eigenvalue weighted by Gasteiger charge is -2.23. The Labute approximate surface area is 108 Å². The molecule has 1 aliphatic carbocycles. The topological polar surface area (TPSA) is 24.9 Å². The maximum atomic E-state index is 4.56. The molecule has 2 heteroatoms. The first-order chi connectivity index (χ1) is 8.62. The summed E-state index contributed by atoms with van der Waals surface area (Å²) in [6.45, 7) is 4.40. The second kappa shape index (κ2) is 4.06. The van der Waals surface area contributed by atoms with Gasteiger partial charge < -0.3 is 5.32 Å². The minimum absolute atomic E-state index is 0.445. The molecule has 1 N–H and O–H groups in total. The van der Waals surface area contributed by atoms with Crippen LogP contribution in [0.1, 0.15) is 37.1 Å². The Morgan fingerprint density at radius 3 is 2.67 bits per heavy atom. The van der Waals surface area contributed by atoms with Crippen molar-refractivity contribution < 1.29 is 0 Å². The number of benzene rings is 1. The minimum Gasteiger partial charge on any atom is -0.313 e. The van der Waals surface area contributed by atoms with Crippen molar-refractivity contribution in [2.75, 3.05) is 7.05 Å². The molecule has 1 fully saturated rings. The molecule has 3 rings (SSSR count). The molecule has 1 aliphatic rings. The third-order valence-corrected chi connectivity index (χ3v) is 4.21. The van der Waals surface area contributed by atoms with Crippen LogP contribution >= 0.6 is 0 Å². The highest BCUT2D eigenvalue weighted by atomic mass is 14.9. The van der Waals surface area contributed by atoms with E-state index in [0.29, 0.717) is 11.5 Å². The summed E-state index contributed by atoms with van der Waals surface area (Å²) in [5.41, 5.74) is 4.00. The van der Waals surface area contributed by atoms with Crippen molar-refractivity contribution in [2.24, 2.45) is 5.41 Å². The molecule has 18 heavy (non-hydrogen) atoms. The molecule has 1 aromatic carbocycles. The Hall–Kier alpha value is -1.41. The second-order valence-corrected chi connectivity index (χ2v) is 5.78. The van der Waals surface area contributed by atoms with Crippen LogP contribution in [-0.2, 0) is 0 Å². The molecule has 0 amide bonds. The lowest BCUT2D eigenvalue weighted by molar-refractivity contribution is 0.391. The number of pyridine rings is 1. The van der Waals surface area contributed by atoms with Crippen molar-refractivity contribution in [1.29, 1.82) is 0 Å². The monoisotopic (exact) mass is 240 g/mol. The predicted molar refractivity (Wildman–Crippen MR) is 75.6 cm³/mol. The quantitative estimate of drug-likeness (QED) is 0.886. The molecule has 1 heterocycles. The van der Waals surface area contributed by atoms with E-state index in [1.54, 1.807) is 0 Å². The Bertz CT molecular complexity index is 585. The first-order valence-electron chi connectivity index (χ1n) is 6.67. The zero-order valence-corrected chi connectivity index (χ0v) is 11.3. The molecule has 0 spiro atoms. The summed E-state index contributed by atoms with van der Waals surface area (Å²) in [6, 6.07) is 11.4. The molecular formula is C16H20N2. The van der Waals surface area contributed by atoms with Gasteiger partial charge in [0.15, 0.2) is 0 Å². The third-order valence-electron chi connectivity index (χ3n) is 4.21. The fourth-order valence-electron chi connectivity index (χ4n) is 2.83. The van der Waals surface area contributed by atoms with Crippen LogP contribution in [0.5, 0.6) is 0 Å². The summed E-state index contributed by atoms with van der Waals surface area (Å²) in [6.07, 6.45) is 2.64. The highest BCUT2D eigenvalue weighted by Gasteiger charge is 2.44. The van der Waals surface area contributed by atoms with E-state index < -0.39 is 0 Å². The number of nitrogens with one attached hydrogen (secondary N) is 1. The smallest absolute Gasteiger partial charge is 0.0705 e. The van der Waals surface area contributed by atoms with Crippen molar-refractivity contribution in [2.45, 2.75) is 32.7 Å². The van der Waals surface area contributed by atoms with E-state index in [9.17, 15) is 0 Å². The normalized spacial score (nSPS) is 18.8. The molecule has 2 aromatic rings. The van der Waals surface area contributed by atoms with E-state index in [4.69, 9.17) is 0 Å². The van der Waals surface area contributed by atoms with Crippen LogP contribution in [0, 0.1) is 12.3 Å². The van der Waals surface area contributed by atoms with Gasteiger partial charge in [0.1, 0.15) is 0 Å². The summed E-state index contributed by atoms with van der Waals surface area (Å²) in [5, 5.41) is 4.71. The lowest BCUT2D eigenvalue weighted by Crippen LogP contribution is -2.24. The maximum absolute atomic E-state index is 4.56. The van der Waals surface area contributed by atoms with Gasteiger partial charge in [-0.15, -0.1) is 0 Å². The average molecular weight is 240 g/mol. The van der Waals surface area contributed by atoms with Gasteiger partial charge in [-0.25, -0.2) is 0 Å². The predicted octanol–water partition coefficient (Wildman–Crippen LogP) is 3.60. The van der Waals surface area contributed by atoms with Gasteiger partial charge >= 0.3 is 0 Å². The van der Waals surface area contributed by atoms with E-state index in [-0.39, 0.29) is 0 Å². The van der Waals surface area contributed by atoms with Crippen LogP contribution in [0.25, 0.3) is 10.9 Å². The number of fused-ring (bicyclic) bond motifs is 1. The number of hydrogen-bond acceptors (Lipinski definition) is 2. The van der Waals surface area contributed by atoms with Gasteiger partial charge in [0, 0.05) is 17.1 Å². The second-order valence-electron chi connectivity index (χ2n) is 5.78. The van der Waals surface area contributed by atoms with E-state index in [2.05, 4.69) is 54.6 Å². The van der Waals surface area contributed by atoms with E-state index in [0.717, 1.165) is 11.2 Å². The molecule has 94 valence electrons. The Morgan fingerprint density at radius 1 is 1.22 bits per heavy atom. The minimum atomic E-state index is 0.445. The molecule has 0 bridgehead atoms. The van der Waals surface area contributed by atoms with Crippen molar-refractivity contribution in [3.8, 4) is 0 Å². The highest BCUT2D eigenvalue weighted by molar-refractivity contribution is 5.79. The molecule has 0 saturated heterocycles. The van der Waals surface area contributed by atoms with E-state index in [1.807, 2.05) is 6.92 Å². The first-order valence-corrected chi connectivity index (χ1v) is 6.67. The summed E-state index contributed by atoms with van der Waals surface area (Å²) in [5.74, 6) is 0. The van der Waals surface area contributed by atoms with Gasteiger partial charge in [0.2, 0.25) is 0 Å². The molecule has 0 radical (unpaired) electrons. The largest absolute Gasteiger partial charge is 0.313 e. The van der Waals surface area contributed by atoms with Crippen LogP contribution in [0.2, 0.25) is 0 Å². The van der Waals surface area contributed by atoms with Crippen molar-refractivity contribution >= 4 is 10.9 Å². The molecule has 1 saturated carbocycles. The van der Waals surface area contributed by atoms with Gasteiger partial charge in [-0.2, -0.15) is 0 Å². The van der Waals surface area contributed by atoms with Gasteiger partial charge in [0.05, 0.1) is 5.52 Å². The van der Waals surface area contributed by atoms with Crippen LogP contribution in [0.15, 0.2) is 30.3 Å². The van der Waals surface area contributed by atoms with Gasteiger partial charge in [-0.3, -0.25) is 4.98 Å². The molecule has 1 unspecified atom stereocenters. The van der Waals surface area contributed by atoms with Crippen LogP contribution < -0.4 is 5.32 Å². The summed E-state index contributed by atoms with van der Waals surface area (Å²) >= 11 is 0. The third kappa shape index (κ3) is 1.91. The molecule has 1 aromatic heterocycles. The Balaban J connectivity index is 2.04. The Morgan fingerprint density at radius 2 is 2.00 bits per heavy atom. The highest BCUT2D eigenvalue weighted by Crippen LogP contribution is 2.54. The molecular weight excluding hydrogens is 220 g/mol. The van der Waals surface area contributed by atoms with Crippen molar-refractivity contribution in [3.63, 3.8) is 0 Å². The number of aromatic nitrogens is 1. The average Bonchev–Trinajstić information content (AvgIpc) is 3.09. The van der Waals surface area contributed by atoms with E-state index >= 15 is 0 Å². The Kier molecular flexibility index (Phi) is 2.63. The fraction of sp³-hybridized carbons (Fsp3) is 0.438. The van der Waals surface area contributed by atoms with Gasteiger partial charge in [-0.1, -0.05) is 19.1 Å².